The molecule has 0 fully saturated rings. The molecule has 0 radical (unpaired) electrons. The number of nitrogens with one attached hydrogen (secondary N) is 1. The summed E-state index contributed by atoms with van der Waals surface area (Å²) in [4.78, 5) is 0. The predicted molar refractivity (Wildman–Crippen MR) is 95.4 cm³/mol. The van der Waals surface area contributed by atoms with Crippen LogP contribution < -0.4 is 5.32 Å². The second-order valence-electron chi connectivity index (χ2n) is 7.30. The van der Waals surface area contributed by atoms with Crippen LogP contribution in [-0.2, 0) is 10.8 Å². The summed E-state index contributed by atoms with van der Waals surface area (Å²) < 4.78 is 6.17. The van der Waals surface area contributed by atoms with Crippen molar-refractivity contribution in [3.63, 3.8) is 0 Å². The highest BCUT2D eigenvalue weighted by molar-refractivity contribution is 6.74. The largest absolute Gasteiger partial charge is 0.417 e. The molecule has 1 aromatic rings. The van der Waals surface area contributed by atoms with Crippen LogP contribution in [0.2, 0.25) is 18.1 Å². The molecule has 0 heterocycles. The second-order valence-corrected chi connectivity index (χ2v) is 12.1. The Morgan fingerprint density at radius 3 is 2.24 bits per heavy atom. The van der Waals surface area contributed by atoms with Crippen LogP contribution in [-0.4, -0.2) is 28.0 Å². The van der Waals surface area contributed by atoms with Gasteiger partial charge in [0, 0.05) is 6.61 Å². The van der Waals surface area contributed by atoms with Crippen LogP contribution in [0.3, 0.4) is 0 Å². The lowest BCUT2D eigenvalue weighted by Crippen LogP contribution is -2.41. The van der Waals surface area contributed by atoms with E-state index in [1.807, 2.05) is 0 Å². The standard InChI is InChI=1S/C18H33NOSi/c1-18(2,3)21(4,5)20-16-10-15-19-14-9-13-17-11-7-6-8-12-17/h6-8,11-12,19H,9-10,13-16H2,1-5H3. The molecule has 1 aromatic carbocycles. The minimum Gasteiger partial charge on any atom is -0.417 e. The maximum absolute atomic E-state index is 6.17. The molecular weight excluding hydrogens is 274 g/mol. The van der Waals surface area contributed by atoms with Crippen molar-refractivity contribution in [3.05, 3.63) is 35.9 Å². The highest BCUT2D eigenvalue weighted by atomic mass is 28.4. The molecule has 0 atom stereocenters. The van der Waals surface area contributed by atoms with Gasteiger partial charge in [0.25, 0.3) is 0 Å². The van der Waals surface area contributed by atoms with Crippen molar-refractivity contribution in [2.75, 3.05) is 19.7 Å². The summed E-state index contributed by atoms with van der Waals surface area (Å²) in [6.45, 7) is 14.6. The SMILES string of the molecule is CC(C)(C)[Si](C)(C)OCCCNCCCc1ccccc1. The van der Waals surface area contributed by atoms with Gasteiger partial charge in [-0.15, -0.1) is 0 Å². The van der Waals surface area contributed by atoms with E-state index in [0.717, 1.165) is 32.5 Å². The Balaban J connectivity index is 2.00. The van der Waals surface area contributed by atoms with Crippen LogP contribution in [0, 0.1) is 0 Å². The molecule has 0 spiro atoms. The van der Waals surface area contributed by atoms with Gasteiger partial charge in [-0.3, -0.25) is 0 Å². The maximum Gasteiger partial charge on any atom is 0.191 e. The van der Waals surface area contributed by atoms with E-state index < -0.39 is 8.32 Å². The molecule has 120 valence electrons. The second kappa shape index (κ2) is 8.72. The van der Waals surface area contributed by atoms with Gasteiger partial charge < -0.3 is 9.74 Å². The van der Waals surface area contributed by atoms with E-state index in [1.165, 1.54) is 12.0 Å². The average molecular weight is 308 g/mol. The zero-order valence-electron chi connectivity index (χ0n) is 14.5. The predicted octanol–water partition coefficient (Wildman–Crippen LogP) is 4.62. The van der Waals surface area contributed by atoms with E-state index in [2.05, 4.69) is 69.5 Å². The fraction of sp³-hybridized carbons (Fsp3) is 0.667. The third-order valence-corrected chi connectivity index (χ3v) is 8.97. The molecule has 0 saturated carbocycles. The summed E-state index contributed by atoms with van der Waals surface area (Å²) in [6.07, 6.45) is 3.47. The number of hydrogen-bond acceptors (Lipinski definition) is 2. The van der Waals surface area contributed by atoms with Gasteiger partial charge in [-0.1, -0.05) is 51.1 Å². The van der Waals surface area contributed by atoms with Gasteiger partial charge in [-0.05, 0) is 56.0 Å². The molecule has 0 aromatic heterocycles. The quantitative estimate of drug-likeness (QED) is 0.531. The van der Waals surface area contributed by atoms with Gasteiger partial charge in [0.15, 0.2) is 8.32 Å². The summed E-state index contributed by atoms with van der Waals surface area (Å²) in [5.74, 6) is 0. The van der Waals surface area contributed by atoms with Crippen molar-refractivity contribution in [1.82, 2.24) is 5.32 Å². The highest BCUT2D eigenvalue weighted by Crippen LogP contribution is 2.36. The van der Waals surface area contributed by atoms with Gasteiger partial charge in [0.05, 0.1) is 0 Å². The third-order valence-electron chi connectivity index (χ3n) is 4.43. The Bertz CT molecular complexity index is 384. The molecule has 0 saturated heterocycles. The Morgan fingerprint density at radius 2 is 1.62 bits per heavy atom. The molecule has 1 N–H and O–H groups in total. The summed E-state index contributed by atoms with van der Waals surface area (Å²) in [5.41, 5.74) is 1.43. The molecule has 2 nitrogen and oxygen atoms in total. The zero-order valence-corrected chi connectivity index (χ0v) is 15.5. The van der Waals surface area contributed by atoms with Crippen LogP contribution in [0.25, 0.3) is 0 Å². The van der Waals surface area contributed by atoms with Gasteiger partial charge in [-0.25, -0.2) is 0 Å². The fourth-order valence-electron chi connectivity index (χ4n) is 1.93. The molecule has 3 heteroatoms. The molecule has 1 rings (SSSR count). The number of aryl methyl sites for hydroxylation is 1. The van der Waals surface area contributed by atoms with Gasteiger partial charge in [-0.2, -0.15) is 0 Å². The monoisotopic (exact) mass is 307 g/mol. The first-order valence-corrected chi connectivity index (χ1v) is 11.1. The molecule has 0 unspecified atom stereocenters. The number of benzene rings is 1. The highest BCUT2D eigenvalue weighted by Gasteiger charge is 2.36. The molecule has 21 heavy (non-hydrogen) atoms. The molecule has 0 aliphatic heterocycles. The lowest BCUT2D eigenvalue weighted by atomic mass is 10.1. The maximum atomic E-state index is 6.17. The molecule has 0 amide bonds. The van der Waals surface area contributed by atoms with Crippen LogP contribution >= 0.6 is 0 Å². The van der Waals surface area contributed by atoms with E-state index in [1.54, 1.807) is 0 Å². The summed E-state index contributed by atoms with van der Waals surface area (Å²) in [7, 11) is -1.55. The molecule has 0 aliphatic carbocycles. The van der Waals surface area contributed by atoms with E-state index in [4.69, 9.17) is 4.43 Å². The first-order valence-electron chi connectivity index (χ1n) is 8.21. The number of rotatable bonds is 9. The smallest absolute Gasteiger partial charge is 0.191 e. The first-order chi connectivity index (χ1) is 9.83. The van der Waals surface area contributed by atoms with Crippen molar-refractivity contribution in [3.8, 4) is 0 Å². The molecule has 0 bridgehead atoms. The van der Waals surface area contributed by atoms with E-state index in [0.29, 0.717) is 5.04 Å². The van der Waals surface area contributed by atoms with Crippen molar-refractivity contribution >= 4 is 8.32 Å². The molecule has 0 aliphatic rings. The van der Waals surface area contributed by atoms with Crippen molar-refractivity contribution in [2.24, 2.45) is 0 Å². The Labute approximate surface area is 132 Å². The van der Waals surface area contributed by atoms with Crippen LogP contribution in [0.5, 0.6) is 0 Å². The van der Waals surface area contributed by atoms with E-state index in [9.17, 15) is 0 Å². The van der Waals surface area contributed by atoms with Crippen LogP contribution in [0.1, 0.15) is 39.2 Å². The van der Waals surface area contributed by atoms with E-state index >= 15 is 0 Å². The average Bonchev–Trinajstić information content (AvgIpc) is 2.41. The first kappa shape index (κ1) is 18.4. The van der Waals surface area contributed by atoms with Crippen LogP contribution in [0.15, 0.2) is 30.3 Å². The van der Waals surface area contributed by atoms with Crippen molar-refractivity contribution in [2.45, 2.75) is 58.2 Å². The number of hydrogen-bond donors (Lipinski definition) is 1. The molecular formula is C18H33NOSi. The Kier molecular flexibility index (Phi) is 7.64. The van der Waals surface area contributed by atoms with Crippen LogP contribution in [0.4, 0.5) is 0 Å². The van der Waals surface area contributed by atoms with Gasteiger partial charge >= 0.3 is 0 Å². The normalized spacial score (nSPS) is 12.6. The minimum absolute atomic E-state index is 0.316. The third kappa shape index (κ3) is 7.25. The summed E-state index contributed by atoms with van der Waals surface area (Å²) >= 11 is 0. The fourth-order valence-corrected chi connectivity index (χ4v) is 3.02. The lowest BCUT2D eigenvalue weighted by molar-refractivity contribution is 0.280. The lowest BCUT2D eigenvalue weighted by Gasteiger charge is -2.36. The minimum atomic E-state index is -1.55. The van der Waals surface area contributed by atoms with Crippen molar-refractivity contribution in [1.29, 1.82) is 0 Å². The topological polar surface area (TPSA) is 21.3 Å². The van der Waals surface area contributed by atoms with Gasteiger partial charge in [0.1, 0.15) is 0 Å². The summed E-state index contributed by atoms with van der Waals surface area (Å²) in [5, 5.41) is 3.83. The van der Waals surface area contributed by atoms with Crippen molar-refractivity contribution < 1.29 is 4.43 Å². The summed E-state index contributed by atoms with van der Waals surface area (Å²) in [6, 6.07) is 10.7. The van der Waals surface area contributed by atoms with E-state index in [-0.39, 0.29) is 0 Å². The Hall–Kier alpha value is -0.643. The zero-order chi connectivity index (χ0) is 15.8. The van der Waals surface area contributed by atoms with Gasteiger partial charge in [0.2, 0.25) is 0 Å². The Morgan fingerprint density at radius 1 is 1.00 bits per heavy atom.